The normalized spacial score (nSPS) is 15.6. The van der Waals surface area contributed by atoms with Crippen LogP contribution in [0.1, 0.15) is 42.1 Å². The smallest absolute Gasteiger partial charge is 0.337 e. The zero-order chi connectivity index (χ0) is 13.9. The molecule has 3 rings (SSSR count). The summed E-state index contributed by atoms with van der Waals surface area (Å²) in [6, 6.07) is 3.56. The summed E-state index contributed by atoms with van der Waals surface area (Å²) in [7, 11) is 0. The number of carboxylic acids is 1. The molecule has 1 N–H and O–H groups in total. The Labute approximate surface area is 119 Å². The molecule has 0 unspecified atom stereocenters. The maximum atomic E-state index is 10.8. The highest BCUT2D eigenvalue weighted by atomic mass is 32.2. The van der Waals surface area contributed by atoms with E-state index in [0.717, 1.165) is 12.8 Å². The van der Waals surface area contributed by atoms with Gasteiger partial charge < -0.3 is 5.11 Å². The molecule has 2 aromatic rings. The molecule has 1 saturated carbocycles. The van der Waals surface area contributed by atoms with E-state index in [9.17, 15) is 4.79 Å². The zero-order valence-corrected chi connectivity index (χ0v) is 11.5. The number of pyridine rings is 1. The molecule has 7 nitrogen and oxygen atoms in total. The number of nitrogens with zero attached hydrogens (tertiary/aromatic N) is 5. The number of aromatic nitrogens is 5. The third kappa shape index (κ3) is 2.64. The summed E-state index contributed by atoms with van der Waals surface area (Å²) in [5.74, 6) is -0.982. The first-order valence-corrected chi connectivity index (χ1v) is 7.21. The summed E-state index contributed by atoms with van der Waals surface area (Å²) >= 11 is 1.35. The topological polar surface area (TPSA) is 93.8 Å². The lowest BCUT2D eigenvalue weighted by Crippen LogP contribution is -2.08. The first kappa shape index (κ1) is 13.0. The average molecular weight is 291 g/mol. The molecule has 0 bridgehead atoms. The van der Waals surface area contributed by atoms with Gasteiger partial charge in [0.1, 0.15) is 5.03 Å². The summed E-state index contributed by atoms with van der Waals surface area (Å²) < 4.78 is 1.85. The van der Waals surface area contributed by atoms with Crippen LogP contribution < -0.4 is 0 Å². The molecule has 1 aliphatic carbocycles. The fourth-order valence-electron chi connectivity index (χ4n) is 2.29. The van der Waals surface area contributed by atoms with Crippen molar-refractivity contribution in [2.45, 2.75) is 41.9 Å². The Morgan fingerprint density at radius 2 is 2.15 bits per heavy atom. The van der Waals surface area contributed by atoms with Gasteiger partial charge >= 0.3 is 5.97 Å². The van der Waals surface area contributed by atoms with Crippen molar-refractivity contribution in [3.63, 3.8) is 0 Å². The molecule has 20 heavy (non-hydrogen) atoms. The second kappa shape index (κ2) is 5.58. The maximum absolute atomic E-state index is 10.8. The van der Waals surface area contributed by atoms with E-state index in [-0.39, 0.29) is 5.56 Å². The molecule has 104 valence electrons. The molecule has 1 fully saturated rings. The molecule has 0 aromatic carbocycles. The second-order valence-corrected chi connectivity index (χ2v) is 5.62. The number of tetrazole rings is 1. The number of carboxylic acid groups (broad SMARTS) is 1. The highest BCUT2D eigenvalue weighted by Gasteiger charge is 2.22. The van der Waals surface area contributed by atoms with Crippen LogP contribution in [0.2, 0.25) is 0 Å². The van der Waals surface area contributed by atoms with Gasteiger partial charge in [-0.25, -0.2) is 14.5 Å². The minimum atomic E-state index is -0.982. The van der Waals surface area contributed by atoms with Crippen molar-refractivity contribution in [2.24, 2.45) is 0 Å². The van der Waals surface area contributed by atoms with Crippen LogP contribution in [0.4, 0.5) is 0 Å². The Morgan fingerprint density at radius 1 is 1.35 bits per heavy atom. The maximum Gasteiger partial charge on any atom is 0.337 e. The van der Waals surface area contributed by atoms with Crippen LogP contribution in [0.5, 0.6) is 0 Å². The van der Waals surface area contributed by atoms with E-state index in [1.165, 1.54) is 36.9 Å². The molecule has 8 heteroatoms. The minimum absolute atomic E-state index is 0.171. The molecule has 2 heterocycles. The van der Waals surface area contributed by atoms with E-state index in [1.807, 2.05) is 4.68 Å². The number of aromatic carboxylic acids is 1. The highest BCUT2D eigenvalue weighted by Crippen LogP contribution is 2.33. The van der Waals surface area contributed by atoms with Crippen LogP contribution >= 0.6 is 11.8 Å². The molecular formula is C12H13N5O2S. The fraction of sp³-hybridized carbons (Fsp3) is 0.417. The lowest BCUT2D eigenvalue weighted by Gasteiger charge is -2.10. The van der Waals surface area contributed by atoms with Crippen molar-refractivity contribution >= 4 is 17.7 Å². The first-order valence-electron chi connectivity index (χ1n) is 6.39. The summed E-state index contributed by atoms with van der Waals surface area (Å²) in [6.45, 7) is 0. The summed E-state index contributed by atoms with van der Waals surface area (Å²) in [5.41, 5.74) is 0.171. The Kier molecular flexibility index (Phi) is 3.64. The van der Waals surface area contributed by atoms with Crippen LogP contribution in [-0.4, -0.2) is 36.3 Å². The lowest BCUT2D eigenvalue weighted by atomic mass is 10.3. The van der Waals surface area contributed by atoms with Gasteiger partial charge in [0.05, 0.1) is 11.6 Å². The summed E-state index contributed by atoms with van der Waals surface area (Å²) in [5, 5.41) is 22.0. The van der Waals surface area contributed by atoms with Gasteiger partial charge in [0.2, 0.25) is 5.16 Å². The van der Waals surface area contributed by atoms with Crippen molar-refractivity contribution in [3.05, 3.63) is 23.9 Å². The zero-order valence-electron chi connectivity index (χ0n) is 10.6. The largest absolute Gasteiger partial charge is 0.478 e. The number of hydrogen-bond donors (Lipinski definition) is 1. The van der Waals surface area contributed by atoms with E-state index in [4.69, 9.17) is 5.11 Å². The quantitative estimate of drug-likeness (QED) is 0.921. The summed E-state index contributed by atoms with van der Waals surface area (Å²) in [4.78, 5) is 14.9. The van der Waals surface area contributed by atoms with Gasteiger partial charge in [0.25, 0.3) is 0 Å². The third-order valence-corrected chi connectivity index (χ3v) is 4.21. The van der Waals surface area contributed by atoms with Crippen LogP contribution in [0.25, 0.3) is 0 Å². The van der Waals surface area contributed by atoms with E-state index in [0.29, 0.717) is 16.2 Å². The van der Waals surface area contributed by atoms with Crippen LogP contribution in [-0.2, 0) is 0 Å². The number of rotatable bonds is 4. The highest BCUT2D eigenvalue weighted by molar-refractivity contribution is 7.99. The van der Waals surface area contributed by atoms with Gasteiger partial charge in [-0.1, -0.05) is 12.8 Å². The molecular weight excluding hydrogens is 278 g/mol. The van der Waals surface area contributed by atoms with Crippen molar-refractivity contribution in [1.82, 2.24) is 25.2 Å². The Morgan fingerprint density at radius 3 is 2.80 bits per heavy atom. The molecule has 0 spiro atoms. The van der Waals surface area contributed by atoms with E-state index in [2.05, 4.69) is 20.5 Å². The standard InChI is InChI=1S/C12H13N5O2S/c18-11(19)8-5-6-10(13-7-8)20-12-14-15-16-17(12)9-3-1-2-4-9/h5-7,9H,1-4H2,(H,18,19). The Balaban J connectivity index is 1.77. The van der Waals surface area contributed by atoms with Crippen LogP contribution in [0.15, 0.2) is 28.5 Å². The SMILES string of the molecule is O=C(O)c1ccc(Sc2nnnn2C2CCCC2)nc1. The first-order chi connectivity index (χ1) is 9.74. The van der Waals surface area contributed by atoms with Gasteiger partial charge in [0.15, 0.2) is 0 Å². The lowest BCUT2D eigenvalue weighted by molar-refractivity contribution is 0.0696. The van der Waals surface area contributed by atoms with Gasteiger partial charge in [-0.3, -0.25) is 0 Å². The van der Waals surface area contributed by atoms with Gasteiger partial charge in [-0.15, -0.1) is 5.10 Å². The Hall–Kier alpha value is -1.96. The minimum Gasteiger partial charge on any atom is -0.478 e. The van der Waals surface area contributed by atoms with Crippen LogP contribution in [0, 0.1) is 0 Å². The van der Waals surface area contributed by atoms with E-state index in [1.54, 1.807) is 6.07 Å². The van der Waals surface area contributed by atoms with Gasteiger partial charge in [-0.2, -0.15) is 0 Å². The number of carbonyl (C=O) groups is 1. The van der Waals surface area contributed by atoms with Crippen molar-refractivity contribution in [1.29, 1.82) is 0 Å². The van der Waals surface area contributed by atoms with Crippen LogP contribution in [0.3, 0.4) is 0 Å². The number of hydrogen-bond acceptors (Lipinski definition) is 6. The molecule has 0 atom stereocenters. The summed E-state index contributed by atoms with van der Waals surface area (Å²) in [6.07, 6.45) is 5.96. The fourth-order valence-corrected chi connectivity index (χ4v) is 3.08. The van der Waals surface area contributed by atoms with E-state index >= 15 is 0 Å². The monoisotopic (exact) mass is 291 g/mol. The third-order valence-electron chi connectivity index (χ3n) is 3.31. The second-order valence-electron chi connectivity index (χ2n) is 4.64. The van der Waals surface area contributed by atoms with Crippen molar-refractivity contribution in [2.75, 3.05) is 0 Å². The molecule has 1 aliphatic rings. The van der Waals surface area contributed by atoms with Gasteiger partial charge in [0, 0.05) is 6.20 Å². The molecule has 0 radical (unpaired) electrons. The molecule has 0 amide bonds. The van der Waals surface area contributed by atoms with Gasteiger partial charge in [-0.05, 0) is 47.2 Å². The van der Waals surface area contributed by atoms with Crippen molar-refractivity contribution < 1.29 is 9.90 Å². The van der Waals surface area contributed by atoms with E-state index < -0.39 is 5.97 Å². The molecule has 2 aromatic heterocycles. The average Bonchev–Trinajstić information content (AvgIpc) is 3.09. The molecule has 0 aliphatic heterocycles. The van der Waals surface area contributed by atoms with Crippen molar-refractivity contribution in [3.8, 4) is 0 Å². The predicted molar refractivity (Wildman–Crippen MR) is 70.6 cm³/mol. The molecule has 0 saturated heterocycles. The Bertz CT molecular complexity index is 607. The predicted octanol–water partition coefficient (Wildman–Crippen LogP) is 2.03.